The highest BCUT2D eigenvalue weighted by Crippen LogP contribution is 2.29. The molecule has 0 amide bonds. The second-order valence-corrected chi connectivity index (χ2v) is 6.09. The van der Waals surface area contributed by atoms with Crippen LogP contribution in [0, 0.1) is 21.4 Å². The van der Waals surface area contributed by atoms with Gasteiger partial charge in [0.15, 0.2) is 0 Å². The maximum Gasteiger partial charge on any atom is 0.292 e. The van der Waals surface area contributed by atoms with Crippen LogP contribution in [0.4, 0.5) is 11.4 Å². The first-order valence-corrected chi connectivity index (χ1v) is 8.44. The molecule has 2 heterocycles. The normalized spacial score (nSPS) is 11.0. The minimum Gasteiger partial charge on any atom is -0.383 e. The molecular weight excluding hydrogens is 350 g/mol. The van der Waals surface area contributed by atoms with Gasteiger partial charge >= 0.3 is 0 Å². The predicted octanol–water partition coefficient (Wildman–Crippen LogP) is 4.22. The van der Waals surface area contributed by atoms with Gasteiger partial charge in [-0.25, -0.2) is 4.98 Å². The smallest absolute Gasteiger partial charge is 0.292 e. The number of benzene rings is 1. The summed E-state index contributed by atoms with van der Waals surface area (Å²) in [6.07, 6.45) is 4.96. The fraction of sp³-hybridized carbons (Fsp3) is 0.0556. The quantitative estimate of drug-likeness (QED) is 0.413. The first-order valence-electron chi connectivity index (χ1n) is 7.56. The van der Waals surface area contributed by atoms with E-state index in [0.29, 0.717) is 21.8 Å². The topological polar surface area (TPSA) is 105 Å². The SMILES string of the molecule is CNc1ccc(/C=C(\C#N)c2nc(-c3ccncc3)cs2)cc1[N+](=O)[O-]. The number of nitro benzene ring substituents is 1. The highest BCUT2D eigenvalue weighted by Gasteiger charge is 2.14. The second kappa shape index (κ2) is 7.55. The molecule has 0 saturated heterocycles. The summed E-state index contributed by atoms with van der Waals surface area (Å²) in [6.45, 7) is 0. The van der Waals surface area contributed by atoms with Crippen molar-refractivity contribution in [2.75, 3.05) is 12.4 Å². The third-order valence-electron chi connectivity index (χ3n) is 3.63. The molecule has 0 aliphatic rings. The van der Waals surface area contributed by atoms with Crippen LogP contribution in [-0.2, 0) is 0 Å². The number of hydrogen-bond donors (Lipinski definition) is 1. The summed E-state index contributed by atoms with van der Waals surface area (Å²) in [6, 6.07) is 10.6. The van der Waals surface area contributed by atoms with Gasteiger partial charge in [-0.3, -0.25) is 15.1 Å². The van der Waals surface area contributed by atoms with E-state index in [-0.39, 0.29) is 5.69 Å². The van der Waals surface area contributed by atoms with Crippen molar-refractivity contribution in [1.29, 1.82) is 5.26 Å². The highest BCUT2D eigenvalue weighted by atomic mass is 32.1. The molecular formula is C18H13N5O2S. The van der Waals surface area contributed by atoms with Crippen molar-refractivity contribution >= 4 is 34.4 Å². The third kappa shape index (κ3) is 3.58. The van der Waals surface area contributed by atoms with Crippen molar-refractivity contribution in [2.24, 2.45) is 0 Å². The second-order valence-electron chi connectivity index (χ2n) is 5.23. The van der Waals surface area contributed by atoms with Gasteiger partial charge in [0.1, 0.15) is 16.8 Å². The number of anilines is 1. The van der Waals surface area contributed by atoms with Gasteiger partial charge in [0.25, 0.3) is 5.69 Å². The number of rotatable bonds is 5. The standard InChI is InChI=1S/C18H13N5O2S/c1-20-15-3-2-12(9-17(15)23(24)25)8-14(10-19)18-22-16(11-26-18)13-4-6-21-7-5-13/h2-9,11,20H,1H3/b14-8+. The van der Waals surface area contributed by atoms with Gasteiger partial charge in [0.05, 0.1) is 16.2 Å². The van der Waals surface area contributed by atoms with Gasteiger partial charge in [-0.1, -0.05) is 6.07 Å². The summed E-state index contributed by atoms with van der Waals surface area (Å²) in [5.41, 5.74) is 2.95. The highest BCUT2D eigenvalue weighted by molar-refractivity contribution is 7.11. The van der Waals surface area contributed by atoms with Crippen LogP contribution in [0.25, 0.3) is 22.9 Å². The predicted molar refractivity (Wildman–Crippen MR) is 101 cm³/mol. The zero-order chi connectivity index (χ0) is 18.5. The molecule has 0 spiro atoms. The molecule has 7 nitrogen and oxygen atoms in total. The average molecular weight is 363 g/mol. The molecule has 26 heavy (non-hydrogen) atoms. The Morgan fingerprint density at radius 2 is 2.12 bits per heavy atom. The maximum atomic E-state index is 11.2. The van der Waals surface area contributed by atoms with E-state index in [4.69, 9.17) is 0 Å². The number of pyridine rings is 1. The molecule has 0 unspecified atom stereocenters. The van der Waals surface area contributed by atoms with E-state index in [1.807, 2.05) is 17.5 Å². The van der Waals surface area contributed by atoms with Gasteiger partial charge in [0.2, 0.25) is 0 Å². The van der Waals surface area contributed by atoms with Crippen molar-refractivity contribution in [3.63, 3.8) is 0 Å². The number of allylic oxidation sites excluding steroid dienone is 1. The van der Waals surface area contributed by atoms with Crippen LogP contribution in [0.1, 0.15) is 10.6 Å². The molecule has 1 N–H and O–H groups in total. The average Bonchev–Trinajstić information content (AvgIpc) is 3.16. The van der Waals surface area contributed by atoms with E-state index in [1.165, 1.54) is 17.4 Å². The summed E-state index contributed by atoms with van der Waals surface area (Å²) in [4.78, 5) is 19.2. The molecule has 128 valence electrons. The first-order chi connectivity index (χ1) is 12.6. The number of thiazole rings is 1. The number of nitrogens with zero attached hydrogens (tertiary/aromatic N) is 4. The van der Waals surface area contributed by atoms with Gasteiger partial charge < -0.3 is 5.32 Å². The number of aromatic nitrogens is 2. The molecule has 2 aromatic heterocycles. The van der Waals surface area contributed by atoms with E-state index in [9.17, 15) is 15.4 Å². The van der Waals surface area contributed by atoms with Crippen LogP contribution in [0.5, 0.6) is 0 Å². The minimum absolute atomic E-state index is 0.0462. The van der Waals surface area contributed by atoms with Crippen molar-refractivity contribution in [3.8, 4) is 17.3 Å². The zero-order valence-electron chi connectivity index (χ0n) is 13.7. The van der Waals surface area contributed by atoms with Gasteiger partial charge in [0, 0.05) is 36.5 Å². The van der Waals surface area contributed by atoms with Crippen LogP contribution in [-0.4, -0.2) is 21.9 Å². The Balaban J connectivity index is 1.97. The Kier molecular flexibility index (Phi) is 5.01. The molecule has 3 aromatic rings. The largest absolute Gasteiger partial charge is 0.383 e. The molecule has 1 aromatic carbocycles. The summed E-state index contributed by atoms with van der Waals surface area (Å²) < 4.78 is 0. The Morgan fingerprint density at radius 1 is 1.35 bits per heavy atom. The van der Waals surface area contributed by atoms with Gasteiger partial charge in [-0.2, -0.15) is 5.26 Å². The molecule has 0 radical (unpaired) electrons. The molecule has 0 fully saturated rings. The van der Waals surface area contributed by atoms with E-state index >= 15 is 0 Å². The van der Waals surface area contributed by atoms with E-state index in [1.54, 1.807) is 37.7 Å². The van der Waals surface area contributed by atoms with Crippen LogP contribution in [0.2, 0.25) is 0 Å². The molecule has 0 bridgehead atoms. The molecule has 0 aliphatic heterocycles. The summed E-state index contributed by atoms with van der Waals surface area (Å²) in [7, 11) is 1.62. The molecule has 0 saturated carbocycles. The lowest BCUT2D eigenvalue weighted by Gasteiger charge is -2.03. The molecule has 8 heteroatoms. The van der Waals surface area contributed by atoms with E-state index in [0.717, 1.165) is 11.3 Å². The van der Waals surface area contributed by atoms with Crippen LogP contribution in [0.15, 0.2) is 48.1 Å². The Hall–Kier alpha value is -3.57. The van der Waals surface area contributed by atoms with Crippen LogP contribution >= 0.6 is 11.3 Å². The molecule has 0 atom stereocenters. The number of nitriles is 1. The lowest BCUT2D eigenvalue weighted by atomic mass is 10.1. The number of nitro groups is 1. The lowest BCUT2D eigenvalue weighted by molar-refractivity contribution is -0.383. The Bertz CT molecular complexity index is 1020. The van der Waals surface area contributed by atoms with Crippen molar-refractivity contribution in [2.45, 2.75) is 0 Å². The van der Waals surface area contributed by atoms with Crippen molar-refractivity contribution in [1.82, 2.24) is 9.97 Å². The maximum absolute atomic E-state index is 11.2. The lowest BCUT2D eigenvalue weighted by Crippen LogP contribution is -1.96. The third-order valence-corrected chi connectivity index (χ3v) is 4.51. The Morgan fingerprint density at radius 3 is 2.77 bits per heavy atom. The minimum atomic E-state index is -0.458. The first kappa shape index (κ1) is 17.3. The summed E-state index contributed by atoms with van der Waals surface area (Å²) >= 11 is 1.35. The van der Waals surface area contributed by atoms with E-state index < -0.39 is 4.92 Å². The van der Waals surface area contributed by atoms with Crippen LogP contribution in [0.3, 0.4) is 0 Å². The monoisotopic (exact) mass is 363 g/mol. The molecule has 3 rings (SSSR count). The van der Waals surface area contributed by atoms with Gasteiger partial charge in [-0.15, -0.1) is 11.3 Å². The number of hydrogen-bond acceptors (Lipinski definition) is 7. The fourth-order valence-electron chi connectivity index (χ4n) is 2.36. The summed E-state index contributed by atoms with van der Waals surface area (Å²) in [5.74, 6) is 0. The zero-order valence-corrected chi connectivity index (χ0v) is 14.5. The fourth-order valence-corrected chi connectivity index (χ4v) is 3.16. The van der Waals surface area contributed by atoms with Crippen molar-refractivity contribution in [3.05, 3.63) is 68.8 Å². The summed E-state index contributed by atoms with van der Waals surface area (Å²) in [5, 5.41) is 25.9. The molecule has 0 aliphatic carbocycles. The number of nitrogens with one attached hydrogen (secondary N) is 1. The van der Waals surface area contributed by atoms with E-state index in [2.05, 4.69) is 21.4 Å². The van der Waals surface area contributed by atoms with Crippen molar-refractivity contribution < 1.29 is 4.92 Å². The Labute approximate surface area is 153 Å². The van der Waals surface area contributed by atoms with Crippen LogP contribution < -0.4 is 5.32 Å². The van der Waals surface area contributed by atoms with Gasteiger partial charge in [-0.05, 0) is 29.8 Å².